The number of H-pyrrole nitrogens is 1. The molecule has 3 aromatic heterocycles. The molecule has 0 aliphatic heterocycles. The van der Waals surface area contributed by atoms with Crippen LogP contribution in [0.15, 0.2) is 130 Å². The second-order valence-corrected chi connectivity index (χ2v) is 10.2. The summed E-state index contributed by atoms with van der Waals surface area (Å²) in [7, 11) is 0. The van der Waals surface area contributed by atoms with Gasteiger partial charge in [-0.15, -0.1) is 0 Å². The first-order valence-corrected chi connectivity index (χ1v) is 13.2. The van der Waals surface area contributed by atoms with Gasteiger partial charge >= 0.3 is 0 Å². The smallest absolute Gasteiger partial charge is 0.135 e. The second kappa shape index (κ2) is 7.62. The molecule has 9 rings (SSSR count). The summed E-state index contributed by atoms with van der Waals surface area (Å²) >= 11 is 0. The number of fused-ring (bicyclic) bond motifs is 9. The Morgan fingerprint density at radius 2 is 0.974 bits per heavy atom. The SMILES string of the molecule is c1ccc2c(c1)[nH]c1c(-c3ccc4oc5ccccc5c4c3)c(-c3ccc4oc5ccccc5c4c3)ccc12. The molecular formula is C36H21NO2. The molecule has 39 heavy (non-hydrogen) atoms. The number of rotatable bonds is 2. The van der Waals surface area contributed by atoms with Gasteiger partial charge in [0.25, 0.3) is 0 Å². The Balaban J connectivity index is 1.38. The molecule has 0 aliphatic rings. The van der Waals surface area contributed by atoms with Crippen molar-refractivity contribution in [3.05, 3.63) is 121 Å². The second-order valence-electron chi connectivity index (χ2n) is 10.2. The van der Waals surface area contributed by atoms with Crippen LogP contribution in [0, 0.1) is 0 Å². The average molecular weight is 500 g/mol. The van der Waals surface area contributed by atoms with Gasteiger partial charge in [-0.1, -0.05) is 78.9 Å². The largest absolute Gasteiger partial charge is 0.456 e. The lowest BCUT2D eigenvalue weighted by Gasteiger charge is -2.13. The monoisotopic (exact) mass is 499 g/mol. The molecule has 1 N–H and O–H groups in total. The molecule has 0 spiro atoms. The average Bonchev–Trinajstić information content (AvgIpc) is 3.67. The molecule has 6 aromatic carbocycles. The molecule has 182 valence electrons. The maximum atomic E-state index is 6.16. The molecule has 0 saturated heterocycles. The predicted molar refractivity (Wildman–Crippen MR) is 161 cm³/mol. The van der Waals surface area contributed by atoms with Crippen molar-refractivity contribution in [3.8, 4) is 22.3 Å². The Hall–Kier alpha value is -5.28. The summed E-state index contributed by atoms with van der Waals surface area (Å²) in [4.78, 5) is 3.75. The minimum Gasteiger partial charge on any atom is -0.456 e. The van der Waals surface area contributed by atoms with Gasteiger partial charge in [0.15, 0.2) is 0 Å². The van der Waals surface area contributed by atoms with E-state index in [1.54, 1.807) is 0 Å². The van der Waals surface area contributed by atoms with Gasteiger partial charge in [0, 0.05) is 43.4 Å². The van der Waals surface area contributed by atoms with Gasteiger partial charge < -0.3 is 13.8 Å². The van der Waals surface area contributed by atoms with Gasteiger partial charge in [-0.05, 0) is 59.2 Å². The van der Waals surface area contributed by atoms with Crippen molar-refractivity contribution in [3.63, 3.8) is 0 Å². The molecule has 0 amide bonds. The molecule has 0 saturated carbocycles. The van der Waals surface area contributed by atoms with Crippen LogP contribution in [0.4, 0.5) is 0 Å². The standard InChI is InChI=1S/C36H21NO2/c1-4-10-30-24(7-1)27-16-15-23(21-13-17-33-28(19-21)25-8-2-5-11-31(25)38-33)35(36(27)37-30)22-14-18-34-29(20-22)26-9-3-6-12-32(26)39-34/h1-20,37H. The highest BCUT2D eigenvalue weighted by atomic mass is 16.3. The summed E-state index contributed by atoms with van der Waals surface area (Å²) in [6.45, 7) is 0. The maximum absolute atomic E-state index is 6.16. The molecule has 0 fully saturated rings. The number of benzene rings is 6. The van der Waals surface area contributed by atoms with Crippen molar-refractivity contribution in [2.45, 2.75) is 0 Å². The van der Waals surface area contributed by atoms with Crippen LogP contribution < -0.4 is 0 Å². The molecule has 0 bridgehead atoms. The summed E-state index contributed by atoms with van der Waals surface area (Å²) in [5, 5.41) is 6.96. The third-order valence-electron chi connectivity index (χ3n) is 8.04. The van der Waals surface area contributed by atoms with Crippen molar-refractivity contribution in [1.82, 2.24) is 4.98 Å². The first-order chi connectivity index (χ1) is 19.3. The van der Waals surface area contributed by atoms with Gasteiger partial charge in [0.2, 0.25) is 0 Å². The zero-order chi connectivity index (χ0) is 25.5. The predicted octanol–water partition coefficient (Wildman–Crippen LogP) is 10.5. The topological polar surface area (TPSA) is 42.1 Å². The normalized spacial score (nSPS) is 12.1. The minimum absolute atomic E-state index is 0.900. The fraction of sp³-hybridized carbons (Fsp3) is 0. The van der Waals surface area contributed by atoms with Gasteiger partial charge in [0.1, 0.15) is 22.3 Å². The summed E-state index contributed by atoms with van der Waals surface area (Å²) < 4.78 is 12.3. The molecule has 0 aliphatic carbocycles. The van der Waals surface area contributed by atoms with E-state index in [9.17, 15) is 0 Å². The summed E-state index contributed by atoms with van der Waals surface area (Å²) in [6, 6.07) is 42.6. The van der Waals surface area contributed by atoms with E-state index in [1.165, 1.54) is 21.9 Å². The van der Waals surface area contributed by atoms with Crippen molar-refractivity contribution in [2.75, 3.05) is 0 Å². The van der Waals surface area contributed by atoms with E-state index in [0.29, 0.717) is 0 Å². The molecule has 3 nitrogen and oxygen atoms in total. The third kappa shape index (κ3) is 2.93. The van der Waals surface area contributed by atoms with Gasteiger partial charge in [0.05, 0.1) is 5.52 Å². The summed E-state index contributed by atoms with van der Waals surface area (Å²) in [5.74, 6) is 0. The fourth-order valence-electron chi connectivity index (χ4n) is 6.23. The van der Waals surface area contributed by atoms with Crippen LogP contribution in [0.3, 0.4) is 0 Å². The maximum Gasteiger partial charge on any atom is 0.135 e. The van der Waals surface area contributed by atoms with Gasteiger partial charge in [-0.25, -0.2) is 0 Å². The van der Waals surface area contributed by atoms with Crippen molar-refractivity contribution >= 4 is 65.7 Å². The molecule has 9 aromatic rings. The lowest BCUT2D eigenvalue weighted by atomic mass is 9.91. The number of aromatic amines is 1. The number of hydrogen-bond donors (Lipinski definition) is 1. The van der Waals surface area contributed by atoms with Crippen LogP contribution in [-0.4, -0.2) is 4.98 Å². The van der Waals surface area contributed by atoms with Crippen LogP contribution in [0.1, 0.15) is 0 Å². The van der Waals surface area contributed by atoms with Crippen LogP contribution in [0.2, 0.25) is 0 Å². The first-order valence-electron chi connectivity index (χ1n) is 13.2. The lowest BCUT2D eigenvalue weighted by molar-refractivity contribution is 0.668. The fourth-order valence-corrected chi connectivity index (χ4v) is 6.23. The zero-order valence-electron chi connectivity index (χ0n) is 20.9. The molecule has 3 heterocycles. The van der Waals surface area contributed by atoms with E-state index in [-0.39, 0.29) is 0 Å². The van der Waals surface area contributed by atoms with Crippen LogP contribution >= 0.6 is 0 Å². The van der Waals surface area contributed by atoms with Gasteiger partial charge in [-0.3, -0.25) is 0 Å². The Morgan fingerprint density at radius 1 is 0.410 bits per heavy atom. The number of para-hydroxylation sites is 3. The van der Waals surface area contributed by atoms with Crippen molar-refractivity contribution < 1.29 is 8.83 Å². The number of aromatic nitrogens is 1. The van der Waals surface area contributed by atoms with Crippen LogP contribution in [0.25, 0.3) is 87.9 Å². The van der Waals surface area contributed by atoms with Crippen molar-refractivity contribution in [2.24, 2.45) is 0 Å². The van der Waals surface area contributed by atoms with Gasteiger partial charge in [-0.2, -0.15) is 0 Å². The van der Waals surface area contributed by atoms with E-state index in [0.717, 1.165) is 66.0 Å². The van der Waals surface area contributed by atoms with E-state index in [1.807, 2.05) is 24.3 Å². The van der Waals surface area contributed by atoms with Crippen molar-refractivity contribution in [1.29, 1.82) is 0 Å². The van der Waals surface area contributed by atoms with Crippen LogP contribution in [-0.2, 0) is 0 Å². The molecular weight excluding hydrogens is 478 g/mol. The molecule has 0 radical (unpaired) electrons. The van der Waals surface area contributed by atoms with E-state index in [4.69, 9.17) is 8.83 Å². The van der Waals surface area contributed by atoms with E-state index < -0.39 is 0 Å². The Kier molecular flexibility index (Phi) is 4.05. The minimum atomic E-state index is 0.900. The molecule has 3 heteroatoms. The summed E-state index contributed by atoms with van der Waals surface area (Å²) in [5.41, 5.74) is 10.6. The Labute approximate surface area is 222 Å². The highest BCUT2D eigenvalue weighted by Gasteiger charge is 2.18. The Bertz CT molecular complexity index is 2400. The zero-order valence-corrected chi connectivity index (χ0v) is 20.9. The number of furan rings is 2. The van der Waals surface area contributed by atoms with E-state index >= 15 is 0 Å². The third-order valence-corrected chi connectivity index (χ3v) is 8.04. The molecule has 0 unspecified atom stereocenters. The number of nitrogens with one attached hydrogen (secondary N) is 1. The molecule has 0 atom stereocenters. The lowest BCUT2D eigenvalue weighted by Crippen LogP contribution is -1.88. The highest BCUT2D eigenvalue weighted by molar-refractivity contribution is 6.16. The number of hydrogen-bond acceptors (Lipinski definition) is 2. The first kappa shape index (κ1) is 20.7. The Morgan fingerprint density at radius 3 is 1.69 bits per heavy atom. The van der Waals surface area contributed by atoms with E-state index in [2.05, 4.69) is 102 Å². The highest BCUT2D eigenvalue weighted by Crippen LogP contribution is 2.43. The van der Waals surface area contributed by atoms with Crippen LogP contribution in [0.5, 0.6) is 0 Å². The summed E-state index contributed by atoms with van der Waals surface area (Å²) in [6.07, 6.45) is 0. The quantitative estimate of drug-likeness (QED) is 0.257.